The number of hydrogen-bond donors (Lipinski definition) is 0. The molecular weight excluding hydrogens is 272 g/mol. The molecule has 0 bridgehead atoms. The van der Waals surface area contributed by atoms with Crippen molar-refractivity contribution in [3.8, 4) is 5.69 Å². The first-order valence-electron chi connectivity index (χ1n) is 6.10. The molecule has 0 radical (unpaired) electrons. The lowest BCUT2D eigenvalue weighted by atomic mass is 10.2. The van der Waals surface area contributed by atoms with E-state index in [1.165, 1.54) is 4.80 Å². The molecule has 0 amide bonds. The van der Waals surface area contributed by atoms with Crippen LogP contribution in [-0.2, 0) is 0 Å². The van der Waals surface area contributed by atoms with Crippen molar-refractivity contribution >= 4 is 23.8 Å². The maximum absolute atomic E-state index is 5.94. The highest BCUT2D eigenvalue weighted by molar-refractivity contribution is 6.30. The molecule has 20 heavy (non-hydrogen) atoms. The van der Waals surface area contributed by atoms with Gasteiger partial charge in [-0.15, -0.1) is 15.0 Å². The molecule has 1 heterocycles. The quantitative estimate of drug-likeness (QED) is 0.738. The minimum atomic E-state index is 0.550. The lowest BCUT2D eigenvalue weighted by molar-refractivity contribution is 0.719. The fourth-order valence-corrected chi connectivity index (χ4v) is 1.92. The number of hydrogen-bond acceptors (Lipinski definition) is 3. The molecule has 0 atom stereocenters. The zero-order chi connectivity index (χ0) is 13.8. The van der Waals surface area contributed by atoms with E-state index in [4.69, 9.17) is 11.6 Å². The maximum Gasteiger partial charge on any atom is 0.198 e. The SMILES string of the molecule is Clc1cccc(-n2nnc(/C=C/c3ccccc3)n2)c1. The van der Waals surface area contributed by atoms with Gasteiger partial charge in [0.05, 0.1) is 5.69 Å². The first-order valence-corrected chi connectivity index (χ1v) is 6.48. The first kappa shape index (κ1) is 12.6. The molecule has 0 N–H and O–H groups in total. The summed E-state index contributed by atoms with van der Waals surface area (Å²) in [5.41, 5.74) is 1.87. The third-order valence-corrected chi connectivity index (χ3v) is 2.93. The third kappa shape index (κ3) is 2.92. The number of tetrazole rings is 1. The van der Waals surface area contributed by atoms with Crippen LogP contribution in [0.1, 0.15) is 11.4 Å². The molecule has 3 rings (SSSR count). The zero-order valence-corrected chi connectivity index (χ0v) is 11.3. The molecule has 0 unspecified atom stereocenters. The fourth-order valence-electron chi connectivity index (χ4n) is 1.74. The van der Waals surface area contributed by atoms with Gasteiger partial charge in [-0.05, 0) is 35.1 Å². The summed E-state index contributed by atoms with van der Waals surface area (Å²) in [5.74, 6) is 0.550. The Morgan fingerprint density at radius 1 is 0.950 bits per heavy atom. The molecule has 4 nitrogen and oxygen atoms in total. The molecule has 0 aliphatic carbocycles. The molecule has 98 valence electrons. The van der Waals surface area contributed by atoms with Crippen molar-refractivity contribution in [2.24, 2.45) is 0 Å². The third-order valence-electron chi connectivity index (χ3n) is 2.69. The van der Waals surface area contributed by atoms with Crippen molar-refractivity contribution in [2.75, 3.05) is 0 Å². The smallest absolute Gasteiger partial charge is 0.130 e. The van der Waals surface area contributed by atoms with Crippen LogP contribution >= 0.6 is 11.6 Å². The minimum absolute atomic E-state index is 0.550. The molecule has 1 aromatic heterocycles. The molecule has 0 aliphatic heterocycles. The van der Waals surface area contributed by atoms with E-state index in [0.717, 1.165) is 11.3 Å². The van der Waals surface area contributed by atoms with E-state index in [0.29, 0.717) is 10.8 Å². The summed E-state index contributed by atoms with van der Waals surface area (Å²) in [7, 11) is 0. The number of aromatic nitrogens is 4. The largest absolute Gasteiger partial charge is 0.198 e. The Bertz CT molecular complexity index is 734. The average Bonchev–Trinajstić information content (AvgIpc) is 2.95. The van der Waals surface area contributed by atoms with E-state index in [-0.39, 0.29) is 0 Å². The Labute approximate surface area is 121 Å². The van der Waals surface area contributed by atoms with Crippen LogP contribution in [0.15, 0.2) is 54.6 Å². The molecule has 0 spiro atoms. The predicted molar refractivity (Wildman–Crippen MR) is 79.5 cm³/mol. The van der Waals surface area contributed by atoms with E-state index in [2.05, 4.69) is 15.4 Å². The average molecular weight is 283 g/mol. The van der Waals surface area contributed by atoms with Crippen LogP contribution in [0.2, 0.25) is 5.02 Å². The fraction of sp³-hybridized carbons (Fsp3) is 0. The van der Waals surface area contributed by atoms with Crippen LogP contribution in [-0.4, -0.2) is 20.2 Å². The summed E-state index contributed by atoms with van der Waals surface area (Å²) >= 11 is 5.94. The Balaban J connectivity index is 1.82. The van der Waals surface area contributed by atoms with Gasteiger partial charge in [0, 0.05) is 5.02 Å². The second-order valence-electron chi connectivity index (χ2n) is 4.16. The second-order valence-corrected chi connectivity index (χ2v) is 4.60. The summed E-state index contributed by atoms with van der Waals surface area (Å²) in [4.78, 5) is 1.45. The van der Waals surface area contributed by atoms with Gasteiger partial charge in [-0.25, -0.2) is 0 Å². The van der Waals surface area contributed by atoms with Gasteiger partial charge in [-0.1, -0.05) is 54.1 Å². The number of nitrogens with zero attached hydrogens (tertiary/aromatic N) is 4. The van der Waals surface area contributed by atoms with Crippen LogP contribution in [0.25, 0.3) is 17.8 Å². The minimum Gasteiger partial charge on any atom is -0.130 e. The van der Waals surface area contributed by atoms with Crippen LogP contribution in [0.3, 0.4) is 0 Å². The van der Waals surface area contributed by atoms with Gasteiger partial charge < -0.3 is 0 Å². The Hall–Kier alpha value is -2.46. The zero-order valence-electron chi connectivity index (χ0n) is 10.5. The van der Waals surface area contributed by atoms with Gasteiger partial charge in [-0.3, -0.25) is 0 Å². The first-order chi connectivity index (χ1) is 9.81. The molecule has 2 aromatic carbocycles. The van der Waals surface area contributed by atoms with Gasteiger partial charge in [0.15, 0.2) is 5.82 Å². The summed E-state index contributed by atoms with van der Waals surface area (Å²) in [6.45, 7) is 0. The molecule has 0 saturated carbocycles. The Morgan fingerprint density at radius 2 is 1.80 bits per heavy atom. The van der Waals surface area contributed by atoms with Crippen molar-refractivity contribution in [1.82, 2.24) is 20.2 Å². The van der Waals surface area contributed by atoms with Crippen LogP contribution in [0, 0.1) is 0 Å². The van der Waals surface area contributed by atoms with E-state index in [1.807, 2.05) is 54.6 Å². The molecule has 5 heteroatoms. The van der Waals surface area contributed by atoms with Crippen molar-refractivity contribution in [2.45, 2.75) is 0 Å². The molecule has 3 aromatic rings. The van der Waals surface area contributed by atoms with Gasteiger partial charge in [-0.2, -0.15) is 0 Å². The van der Waals surface area contributed by atoms with Gasteiger partial charge in [0.1, 0.15) is 0 Å². The van der Waals surface area contributed by atoms with Crippen molar-refractivity contribution in [3.63, 3.8) is 0 Å². The van der Waals surface area contributed by atoms with Crippen molar-refractivity contribution < 1.29 is 0 Å². The highest BCUT2D eigenvalue weighted by Gasteiger charge is 2.02. The van der Waals surface area contributed by atoms with Crippen LogP contribution in [0.5, 0.6) is 0 Å². The number of benzene rings is 2. The molecular formula is C15H11ClN4. The summed E-state index contributed by atoms with van der Waals surface area (Å²) in [5, 5.41) is 12.9. The summed E-state index contributed by atoms with van der Waals surface area (Å²) in [6.07, 6.45) is 3.77. The molecule has 0 aliphatic rings. The van der Waals surface area contributed by atoms with Gasteiger partial charge in [0.25, 0.3) is 0 Å². The number of rotatable bonds is 3. The molecule has 0 saturated heterocycles. The topological polar surface area (TPSA) is 43.6 Å². The standard InChI is InChI=1S/C15H11ClN4/c16-13-7-4-8-14(11-13)20-18-15(17-19-20)10-9-12-5-2-1-3-6-12/h1-11H/b10-9+. The Kier molecular flexibility index (Phi) is 3.56. The van der Waals surface area contributed by atoms with E-state index >= 15 is 0 Å². The Morgan fingerprint density at radius 3 is 2.60 bits per heavy atom. The van der Waals surface area contributed by atoms with E-state index < -0.39 is 0 Å². The summed E-state index contributed by atoms with van der Waals surface area (Å²) in [6, 6.07) is 17.3. The lowest BCUT2D eigenvalue weighted by Gasteiger charge is -1.97. The molecule has 0 fully saturated rings. The van der Waals surface area contributed by atoms with E-state index in [1.54, 1.807) is 12.1 Å². The van der Waals surface area contributed by atoms with Crippen molar-refractivity contribution in [1.29, 1.82) is 0 Å². The predicted octanol–water partition coefficient (Wildman–Crippen LogP) is 3.49. The van der Waals surface area contributed by atoms with Gasteiger partial charge >= 0.3 is 0 Å². The van der Waals surface area contributed by atoms with Gasteiger partial charge in [0.2, 0.25) is 0 Å². The highest BCUT2D eigenvalue weighted by atomic mass is 35.5. The second kappa shape index (κ2) is 5.67. The summed E-state index contributed by atoms with van der Waals surface area (Å²) < 4.78 is 0. The number of halogens is 1. The van der Waals surface area contributed by atoms with E-state index in [9.17, 15) is 0 Å². The van der Waals surface area contributed by atoms with Crippen molar-refractivity contribution in [3.05, 3.63) is 71.0 Å². The monoisotopic (exact) mass is 282 g/mol. The highest BCUT2D eigenvalue weighted by Crippen LogP contribution is 2.13. The van der Waals surface area contributed by atoms with Crippen LogP contribution < -0.4 is 0 Å². The normalized spacial score (nSPS) is 11.1. The maximum atomic E-state index is 5.94. The lowest BCUT2D eigenvalue weighted by Crippen LogP contribution is -1.98. The van der Waals surface area contributed by atoms with Crippen LogP contribution in [0.4, 0.5) is 0 Å².